The highest BCUT2D eigenvalue weighted by Crippen LogP contribution is 2.24. The number of aromatic nitrogens is 1. The minimum absolute atomic E-state index is 0.112. The number of carbonyl (C=O) groups is 1. The number of carbonyl (C=O) groups excluding carboxylic acids is 1. The van der Waals surface area contributed by atoms with E-state index in [9.17, 15) is 14.9 Å². The Hall–Kier alpha value is -2.48. The molecule has 0 radical (unpaired) electrons. The number of urea groups is 1. The molecule has 7 nitrogen and oxygen atoms in total. The van der Waals surface area contributed by atoms with Crippen LogP contribution in [0.5, 0.6) is 0 Å². The summed E-state index contributed by atoms with van der Waals surface area (Å²) in [5.74, 6) is 0. The Morgan fingerprint density at radius 2 is 2.10 bits per heavy atom. The number of nitrogens with zero attached hydrogens (tertiary/aromatic N) is 2. The zero-order valence-electron chi connectivity index (χ0n) is 10.6. The summed E-state index contributed by atoms with van der Waals surface area (Å²) in [5, 5.41) is 15.7. The van der Waals surface area contributed by atoms with Crippen LogP contribution < -0.4 is 10.6 Å². The van der Waals surface area contributed by atoms with Crippen molar-refractivity contribution in [1.29, 1.82) is 0 Å². The van der Waals surface area contributed by atoms with Crippen molar-refractivity contribution in [2.45, 2.75) is 13.5 Å². The molecule has 2 rings (SSSR count). The summed E-state index contributed by atoms with van der Waals surface area (Å²) < 4.78 is 0. The van der Waals surface area contributed by atoms with E-state index in [1.807, 2.05) is 31.2 Å². The van der Waals surface area contributed by atoms with Crippen molar-refractivity contribution >= 4 is 27.5 Å². The SMILES string of the molecule is Cc1ccc(CNC(=O)Nc2ncc([N+](=O)[O-])s2)cc1. The maximum absolute atomic E-state index is 11.6. The fraction of sp³-hybridized carbons (Fsp3) is 0.167. The van der Waals surface area contributed by atoms with E-state index in [0.717, 1.165) is 28.7 Å². The summed E-state index contributed by atoms with van der Waals surface area (Å²) in [7, 11) is 0. The maximum Gasteiger partial charge on any atom is 0.345 e. The van der Waals surface area contributed by atoms with Gasteiger partial charge in [0.05, 0.1) is 4.92 Å². The molecule has 0 bridgehead atoms. The molecule has 2 N–H and O–H groups in total. The number of rotatable bonds is 4. The van der Waals surface area contributed by atoms with Crippen LogP contribution in [0, 0.1) is 17.0 Å². The van der Waals surface area contributed by atoms with Gasteiger partial charge in [-0.05, 0) is 23.8 Å². The standard InChI is InChI=1S/C12H12N4O3S/c1-8-2-4-9(5-3-8)6-13-11(17)15-12-14-7-10(20-12)16(18)19/h2-5,7H,6H2,1H3,(H2,13,14,15,17). The first kappa shape index (κ1) is 13.9. The lowest BCUT2D eigenvalue weighted by atomic mass is 10.1. The summed E-state index contributed by atoms with van der Waals surface area (Å²) in [6.07, 6.45) is 1.11. The Balaban J connectivity index is 1.85. The average molecular weight is 292 g/mol. The first-order valence-corrected chi connectivity index (χ1v) is 6.57. The highest BCUT2D eigenvalue weighted by molar-refractivity contribution is 7.18. The number of hydrogen-bond donors (Lipinski definition) is 2. The van der Waals surface area contributed by atoms with E-state index < -0.39 is 11.0 Å². The first-order valence-electron chi connectivity index (χ1n) is 5.75. The summed E-state index contributed by atoms with van der Waals surface area (Å²) in [6, 6.07) is 7.31. The smallest absolute Gasteiger partial charge is 0.334 e. The number of thiazole rings is 1. The van der Waals surface area contributed by atoms with Crippen LogP contribution in [0.25, 0.3) is 0 Å². The number of anilines is 1. The normalized spacial score (nSPS) is 10.1. The second-order valence-corrected chi connectivity index (χ2v) is 5.06. The van der Waals surface area contributed by atoms with Gasteiger partial charge in [0.25, 0.3) is 0 Å². The van der Waals surface area contributed by atoms with Gasteiger partial charge in [-0.15, -0.1) is 0 Å². The van der Waals surface area contributed by atoms with Crippen LogP contribution in [0.4, 0.5) is 14.9 Å². The van der Waals surface area contributed by atoms with E-state index in [2.05, 4.69) is 15.6 Å². The number of nitrogens with one attached hydrogen (secondary N) is 2. The zero-order valence-corrected chi connectivity index (χ0v) is 11.4. The van der Waals surface area contributed by atoms with Crippen LogP contribution in [-0.2, 0) is 6.54 Å². The molecule has 2 amide bonds. The van der Waals surface area contributed by atoms with Gasteiger partial charge in [0.15, 0.2) is 5.13 Å². The number of hydrogen-bond acceptors (Lipinski definition) is 5. The molecule has 0 fully saturated rings. The minimum atomic E-state index is -0.549. The average Bonchev–Trinajstić information content (AvgIpc) is 2.87. The monoisotopic (exact) mass is 292 g/mol. The van der Waals surface area contributed by atoms with Gasteiger partial charge in [0.2, 0.25) is 0 Å². The second kappa shape index (κ2) is 6.11. The summed E-state index contributed by atoms with van der Waals surface area (Å²) in [6.45, 7) is 2.36. The van der Waals surface area contributed by atoms with Gasteiger partial charge in [0.1, 0.15) is 6.20 Å². The van der Waals surface area contributed by atoms with E-state index in [-0.39, 0.29) is 10.1 Å². The molecule has 0 aliphatic carbocycles. The van der Waals surface area contributed by atoms with Crippen LogP contribution in [0.3, 0.4) is 0 Å². The third-order valence-electron chi connectivity index (χ3n) is 2.47. The fourth-order valence-corrected chi connectivity index (χ4v) is 2.06. The molecule has 1 aromatic heterocycles. The Labute approximate surface area is 118 Å². The maximum atomic E-state index is 11.6. The number of benzene rings is 1. The van der Waals surface area contributed by atoms with Crippen molar-refractivity contribution in [3.63, 3.8) is 0 Å². The zero-order chi connectivity index (χ0) is 14.5. The first-order chi connectivity index (χ1) is 9.54. The molecule has 0 aliphatic rings. The third-order valence-corrected chi connectivity index (χ3v) is 3.33. The Kier molecular flexibility index (Phi) is 4.26. The molecule has 8 heteroatoms. The molecule has 0 saturated heterocycles. The Morgan fingerprint density at radius 3 is 2.70 bits per heavy atom. The van der Waals surface area contributed by atoms with Crippen LogP contribution in [0.15, 0.2) is 30.5 Å². The summed E-state index contributed by atoms with van der Waals surface area (Å²) >= 11 is 0.811. The van der Waals surface area contributed by atoms with Crippen LogP contribution in [0.2, 0.25) is 0 Å². The largest absolute Gasteiger partial charge is 0.345 e. The van der Waals surface area contributed by atoms with Crippen molar-refractivity contribution in [2.75, 3.05) is 5.32 Å². The lowest BCUT2D eigenvalue weighted by Crippen LogP contribution is -2.28. The van der Waals surface area contributed by atoms with Gasteiger partial charge in [-0.3, -0.25) is 15.4 Å². The summed E-state index contributed by atoms with van der Waals surface area (Å²) in [4.78, 5) is 25.3. The minimum Gasteiger partial charge on any atom is -0.334 e. The van der Waals surface area contributed by atoms with E-state index in [0.29, 0.717) is 6.54 Å². The van der Waals surface area contributed by atoms with Crippen molar-refractivity contribution < 1.29 is 9.72 Å². The summed E-state index contributed by atoms with van der Waals surface area (Å²) in [5.41, 5.74) is 2.11. The Bertz CT molecular complexity index is 624. The van der Waals surface area contributed by atoms with Crippen LogP contribution >= 0.6 is 11.3 Å². The predicted octanol–water partition coefficient (Wildman–Crippen LogP) is 2.68. The molecule has 0 aliphatic heterocycles. The van der Waals surface area contributed by atoms with Crippen molar-refractivity contribution in [3.05, 3.63) is 51.7 Å². The van der Waals surface area contributed by atoms with Crippen LogP contribution in [0.1, 0.15) is 11.1 Å². The molecule has 20 heavy (non-hydrogen) atoms. The fourth-order valence-electron chi connectivity index (χ4n) is 1.44. The van der Waals surface area contributed by atoms with Gasteiger partial charge in [-0.2, -0.15) is 0 Å². The molecule has 0 saturated carbocycles. The lowest BCUT2D eigenvalue weighted by molar-refractivity contribution is -0.380. The number of aryl methyl sites for hydroxylation is 1. The number of amides is 2. The van der Waals surface area contributed by atoms with Crippen molar-refractivity contribution in [1.82, 2.24) is 10.3 Å². The van der Waals surface area contributed by atoms with Gasteiger partial charge < -0.3 is 5.32 Å². The van der Waals surface area contributed by atoms with Crippen LogP contribution in [-0.4, -0.2) is 15.9 Å². The van der Waals surface area contributed by atoms with Crippen molar-refractivity contribution in [2.24, 2.45) is 0 Å². The third kappa shape index (κ3) is 3.75. The topological polar surface area (TPSA) is 97.2 Å². The van der Waals surface area contributed by atoms with E-state index >= 15 is 0 Å². The van der Waals surface area contributed by atoms with Gasteiger partial charge in [0, 0.05) is 6.54 Å². The van der Waals surface area contributed by atoms with E-state index in [1.165, 1.54) is 0 Å². The molecule has 0 atom stereocenters. The second-order valence-electron chi connectivity index (χ2n) is 4.05. The highest BCUT2D eigenvalue weighted by atomic mass is 32.1. The van der Waals surface area contributed by atoms with Gasteiger partial charge >= 0.3 is 11.0 Å². The molecule has 1 aromatic carbocycles. The van der Waals surface area contributed by atoms with E-state index in [1.54, 1.807) is 0 Å². The van der Waals surface area contributed by atoms with Gasteiger partial charge in [-0.1, -0.05) is 29.8 Å². The molecule has 2 aromatic rings. The van der Waals surface area contributed by atoms with Crippen molar-refractivity contribution in [3.8, 4) is 0 Å². The molecule has 0 spiro atoms. The lowest BCUT2D eigenvalue weighted by Gasteiger charge is -2.05. The quantitative estimate of drug-likeness (QED) is 0.668. The Morgan fingerprint density at radius 1 is 1.40 bits per heavy atom. The molecule has 0 unspecified atom stereocenters. The van der Waals surface area contributed by atoms with Gasteiger partial charge in [-0.25, -0.2) is 9.78 Å². The molecule has 104 valence electrons. The van der Waals surface area contributed by atoms with E-state index in [4.69, 9.17) is 0 Å². The predicted molar refractivity (Wildman–Crippen MR) is 75.8 cm³/mol. The molecular weight excluding hydrogens is 280 g/mol. The highest BCUT2D eigenvalue weighted by Gasteiger charge is 2.13. The molecule has 1 heterocycles. The number of nitro groups is 1. The molecular formula is C12H12N4O3S.